The van der Waals surface area contributed by atoms with E-state index in [0.717, 1.165) is 9.87 Å². The number of amides is 1. The largest absolute Gasteiger partial charge is 0.482 e. The average molecular weight is 396 g/mol. The van der Waals surface area contributed by atoms with Crippen molar-refractivity contribution in [2.75, 3.05) is 27.7 Å². The molecule has 1 aromatic carbocycles. The maximum atomic E-state index is 12.4. The van der Waals surface area contributed by atoms with Crippen LogP contribution in [-0.2, 0) is 21.4 Å². The van der Waals surface area contributed by atoms with Crippen LogP contribution < -0.4 is 4.74 Å². The number of hydrogen-bond donors (Lipinski definition) is 1. The molecule has 0 aliphatic heterocycles. The Labute approximate surface area is 156 Å². The predicted octanol–water partition coefficient (Wildman–Crippen LogP) is 1.27. The molecule has 0 atom stereocenters. The lowest BCUT2D eigenvalue weighted by molar-refractivity contribution is -0.139. The number of ether oxygens (including phenoxy) is 1. The van der Waals surface area contributed by atoms with Gasteiger partial charge in [-0.25, -0.2) is 17.5 Å². The molecule has 2 rings (SSSR count). The van der Waals surface area contributed by atoms with Gasteiger partial charge in [0.25, 0.3) is 15.9 Å². The third-order valence-electron chi connectivity index (χ3n) is 3.58. The number of carbonyl (C=O) groups is 2. The van der Waals surface area contributed by atoms with Crippen LogP contribution in [0.3, 0.4) is 0 Å². The molecule has 2 aromatic rings. The molecule has 1 aromatic heterocycles. The summed E-state index contributed by atoms with van der Waals surface area (Å²) >= 11 is 0. The molecule has 146 valence electrons. The first kappa shape index (κ1) is 20.5. The van der Waals surface area contributed by atoms with Gasteiger partial charge >= 0.3 is 5.97 Å². The summed E-state index contributed by atoms with van der Waals surface area (Å²) in [6, 6.07) is 9.16. The zero-order valence-electron chi connectivity index (χ0n) is 15.1. The zero-order valence-corrected chi connectivity index (χ0v) is 15.9. The molecule has 0 radical (unpaired) electrons. The number of carboxylic acid groups (broad SMARTS) is 1. The van der Waals surface area contributed by atoms with Crippen LogP contribution in [0.15, 0.2) is 45.9 Å². The Morgan fingerprint density at radius 2 is 1.70 bits per heavy atom. The van der Waals surface area contributed by atoms with E-state index in [0.29, 0.717) is 5.75 Å². The van der Waals surface area contributed by atoms with Crippen LogP contribution in [0, 0.1) is 0 Å². The van der Waals surface area contributed by atoms with Gasteiger partial charge < -0.3 is 19.2 Å². The van der Waals surface area contributed by atoms with Crippen LogP contribution in [0.1, 0.15) is 16.1 Å². The fourth-order valence-electron chi connectivity index (χ4n) is 2.12. The van der Waals surface area contributed by atoms with Gasteiger partial charge in [0.1, 0.15) is 5.75 Å². The van der Waals surface area contributed by atoms with Crippen molar-refractivity contribution in [1.29, 1.82) is 0 Å². The Morgan fingerprint density at radius 3 is 2.26 bits per heavy atom. The third kappa shape index (κ3) is 5.08. The molecule has 0 fully saturated rings. The minimum atomic E-state index is -3.75. The summed E-state index contributed by atoms with van der Waals surface area (Å²) < 4.78 is 35.3. The van der Waals surface area contributed by atoms with Gasteiger partial charge in [-0.1, -0.05) is 12.1 Å². The number of hydrogen-bond acceptors (Lipinski definition) is 6. The standard InChI is InChI=1S/C17H20N2O7S/c1-18(2)27(23,24)16-9-8-14(26-16)17(22)19(3)10-12-4-6-13(7-5-12)25-11-15(20)21/h4-9H,10-11H2,1-3H3,(H,20,21). The van der Waals surface area contributed by atoms with E-state index in [9.17, 15) is 18.0 Å². The van der Waals surface area contributed by atoms with E-state index in [4.69, 9.17) is 14.3 Å². The summed E-state index contributed by atoms with van der Waals surface area (Å²) in [6.07, 6.45) is 0. The second-order valence-electron chi connectivity index (χ2n) is 5.89. The Morgan fingerprint density at radius 1 is 1.07 bits per heavy atom. The topological polar surface area (TPSA) is 117 Å². The van der Waals surface area contributed by atoms with Crippen molar-refractivity contribution in [2.45, 2.75) is 11.6 Å². The Hall–Kier alpha value is -2.85. The van der Waals surface area contributed by atoms with Crippen molar-refractivity contribution in [1.82, 2.24) is 9.21 Å². The monoisotopic (exact) mass is 396 g/mol. The smallest absolute Gasteiger partial charge is 0.341 e. The predicted molar refractivity (Wildman–Crippen MR) is 95.0 cm³/mol. The summed E-state index contributed by atoms with van der Waals surface area (Å²) in [5, 5.41) is 8.28. The number of rotatable bonds is 8. The fourth-order valence-corrected chi connectivity index (χ4v) is 2.92. The summed E-state index contributed by atoms with van der Waals surface area (Å²) in [7, 11) is 0.546. The average Bonchev–Trinajstić information content (AvgIpc) is 3.11. The van der Waals surface area contributed by atoms with E-state index in [-0.39, 0.29) is 17.4 Å². The van der Waals surface area contributed by atoms with Gasteiger partial charge in [-0.3, -0.25) is 4.79 Å². The molecule has 0 bridgehead atoms. The van der Waals surface area contributed by atoms with E-state index in [1.807, 2.05) is 0 Å². The SMILES string of the molecule is CN(Cc1ccc(OCC(=O)O)cc1)C(=O)c1ccc(S(=O)(=O)N(C)C)o1. The number of sulfonamides is 1. The van der Waals surface area contributed by atoms with E-state index in [1.54, 1.807) is 31.3 Å². The second-order valence-corrected chi connectivity index (χ2v) is 7.98. The van der Waals surface area contributed by atoms with Crippen LogP contribution in [0.25, 0.3) is 0 Å². The first-order valence-corrected chi connectivity index (χ1v) is 9.26. The number of carboxylic acids is 1. The molecule has 0 saturated carbocycles. The number of benzene rings is 1. The van der Waals surface area contributed by atoms with Gasteiger partial charge in [-0.2, -0.15) is 0 Å². The highest BCUT2D eigenvalue weighted by Crippen LogP contribution is 2.19. The summed E-state index contributed by atoms with van der Waals surface area (Å²) in [5.41, 5.74) is 0.779. The highest BCUT2D eigenvalue weighted by Gasteiger charge is 2.24. The highest BCUT2D eigenvalue weighted by atomic mass is 32.2. The van der Waals surface area contributed by atoms with Crippen LogP contribution in [0.2, 0.25) is 0 Å². The quantitative estimate of drug-likeness (QED) is 0.714. The van der Waals surface area contributed by atoms with Crippen molar-refractivity contribution in [2.24, 2.45) is 0 Å². The van der Waals surface area contributed by atoms with Crippen LogP contribution >= 0.6 is 0 Å². The van der Waals surface area contributed by atoms with E-state index in [2.05, 4.69) is 0 Å². The van der Waals surface area contributed by atoms with Crippen molar-refractivity contribution in [3.05, 3.63) is 47.7 Å². The molecule has 9 nitrogen and oxygen atoms in total. The molecule has 0 aliphatic carbocycles. The summed E-state index contributed by atoms with van der Waals surface area (Å²) in [6.45, 7) is -0.192. The van der Waals surface area contributed by atoms with Gasteiger partial charge in [-0.05, 0) is 29.8 Å². The van der Waals surface area contributed by atoms with Crippen molar-refractivity contribution >= 4 is 21.9 Å². The normalized spacial score (nSPS) is 11.4. The van der Waals surface area contributed by atoms with E-state index in [1.165, 1.54) is 31.1 Å². The minimum Gasteiger partial charge on any atom is -0.482 e. The maximum Gasteiger partial charge on any atom is 0.341 e. The molecule has 1 amide bonds. The van der Waals surface area contributed by atoms with Gasteiger partial charge in [0.2, 0.25) is 5.09 Å². The van der Waals surface area contributed by atoms with Crippen molar-refractivity contribution in [3.8, 4) is 5.75 Å². The lowest BCUT2D eigenvalue weighted by Gasteiger charge is -2.16. The van der Waals surface area contributed by atoms with Crippen LogP contribution in [0.4, 0.5) is 0 Å². The Balaban J connectivity index is 2.04. The van der Waals surface area contributed by atoms with E-state index >= 15 is 0 Å². The number of nitrogens with zero attached hydrogens (tertiary/aromatic N) is 2. The van der Waals surface area contributed by atoms with Gasteiger partial charge in [-0.15, -0.1) is 0 Å². The van der Waals surface area contributed by atoms with Gasteiger partial charge in [0, 0.05) is 27.7 Å². The van der Waals surface area contributed by atoms with Crippen molar-refractivity contribution < 1.29 is 32.3 Å². The Kier molecular flexibility index (Phi) is 6.24. The molecule has 0 unspecified atom stereocenters. The van der Waals surface area contributed by atoms with Crippen LogP contribution in [0.5, 0.6) is 5.75 Å². The summed E-state index contributed by atoms with van der Waals surface area (Å²) in [5.74, 6) is -1.22. The molecule has 10 heteroatoms. The second kappa shape index (κ2) is 8.23. The van der Waals surface area contributed by atoms with E-state index < -0.39 is 28.5 Å². The summed E-state index contributed by atoms with van der Waals surface area (Å²) in [4.78, 5) is 24.3. The highest BCUT2D eigenvalue weighted by molar-refractivity contribution is 7.88. The first-order chi connectivity index (χ1) is 12.6. The first-order valence-electron chi connectivity index (χ1n) is 7.82. The fraction of sp³-hybridized carbons (Fsp3) is 0.294. The molecular formula is C17H20N2O7S. The van der Waals surface area contributed by atoms with Gasteiger partial charge in [0.05, 0.1) is 0 Å². The van der Waals surface area contributed by atoms with Crippen LogP contribution in [-0.4, -0.2) is 62.4 Å². The molecule has 0 aliphatic rings. The number of carbonyl (C=O) groups excluding carboxylic acids is 1. The molecule has 27 heavy (non-hydrogen) atoms. The number of furan rings is 1. The minimum absolute atomic E-state index is 0.0839. The van der Waals surface area contributed by atoms with Gasteiger partial charge in [0.15, 0.2) is 12.4 Å². The number of aliphatic carboxylic acids is 1. The molecule has 1 heterocycles. The lowest BCUT2D eigenvalue weighted by Crippen LogP contribution is -2.26. The lowest BCUT2D eigenvalue weighted by atomic mass is 10.2. The van der Waals surface area contributed by atoms with Crippen molar-refractivity contribution in [3.63, 3.8) is 0 Å². The third-order valence-corrected chi connectivity index (χ3v) is 5.27. The molecule has 0 saturated heterocycles. The molecular weight excluding hydrogens is 376 g/mol. The Bertz CT molecular complexity index is 917. The maximum absolute atomic E-state index is 12.4. The molecule has 1 N–H and O–H groups in total. The molecule has 0 spiro atoms. The zero-order chi connectivity index (χ0) is 20.2.